The molecule has 2 aromatic rings. The summed E-state index contributed by atoms with van der Waals surface area (Å²) in [5.41, 5.74) is 2.82. The first kappa shape index (κ1) is 15.5. The number of carbonyl (C=O) groups excluding carboxylic acids is 1. The molecule has 5 nitrogen and oxygen atoms in total. The molecule has 2 N–H and O–H groups in total. The molecule has 23 heavy (non-hydrogen) atoms. The fraction of sp³-hybridized carbons (Fsp3) is 0.278. The van der Waals surface area contributed by atoms with Gasteiger partial charge in [-0.25, -0.2) is 4.79 Å². The van der Waals surface area contributed by atoms with Crippen molar-refractivity contribution in [1.29, 1.82) is 0 Å². The number of hydrogen-bond donors (Lipinski definition) is 2. The molecule has 0 unspecified atom stereocenters. The maximum Gasteiger partial charge on any atom is 0.319 e. The van der Waals surface area contributed by atoms with Gasteiger partial charge in [-0.2, -0.15) is 0 Å². The summed E-state index contributed by atoms with van der Waals surface area (Å²) >= 11 is 0. The van der Waals surface area contributed by atoms with Gasteiger partial charge in [-0.15, -0.1) is 0 Å². The summed E-state index contributed by atoms with van der Waals surface area (Å²) in [6.07, 6.45) is -0.0844. The van der Waals surface area contributed by atoms with Crippen LogP contribution in [0.5, 0.6) is 0 Å². The summed E-state index contributed by atoms with van der Waals surface area (Å²) in [4.78, 5) is 12.1. The normalized spacial score (nSPS) is 17.5. The number of amides is 2. The zero-order chi connectivity index (χ0) is 15.9. The van der Waals surface area contributed by atoms with Crippen molar-refractivity contribution in [2.24, 2.45) is 0 Å². The van der Waals surface area contributed by atoms with E-state index in [1.807, 2.05) is 54.6 Å². The van der Waals surface area contributed by atoms with Crippen LogP contribution in [0.2, 0.25) is 0 Å². The molecule has 1 aliphatic rings. The summed E-state index contributed by atoms with van der Waals surface area (Å²) in [6.45, 7) is 2.14. The van der Waals surface area contributed by atoms with Crippen LogP contribution in [0.15, 0.2) is 54.6 Å². The Hall–Kier alpha value is -2.37. The largest absolute Gasteiger partial charge is 0.376 e. The lowest BCUT2D eigenvalue weighted by Gasteiger charge is -2.23. The fourth-order valence-corrected chi connectivity index (χ4v) is 2.49. The number of urea groups is 1. The highest BCUT2D eigenvalue weighted by atomic mass is 16.6. The Bertz CT molecular complexity index is 640. The van der Waals surface area contributed by atoms with Gasteiger partial charge in [0.15, 0.2) is 0 Å². The van der Waals surface area contributed by atoms with Crippen molar-refractivity contribution in [2.45, 2.75) is 6.10 Å². The van der Waals surface area contributed by atoms with E-state index < -0.39 is 0 Å². The molecule has 0 radical (unpaired) electrons. The van der Waals surface area contributed by atoms with Gasteiger partial charge in [-0.3, -0.25) is 0 Å². The van der Waals surface area contributed by atoms with E-state index in [-0.39, 0.29) is 12.1 Å². The standard InChI is InChI=1S/C18H20N2O3/c21-18(19-12-15-13-22-10-11-23-15)20-17-9-5-4-8-16(17)14-6-2-1-3-7-14/h1-9,15H,10-13H2,(H2,19,20,21)/t15-/m1/s1. The van der Waals surface area contributed by atoms with Crippen molar-refractivity contribution in [1.82, 2.24) is 5.32 Å². The van der Waals surface area contributed by atoms with Gasteiger partial charge >= 0.3 is 6.03 Å². The Morgan fingerprint density at radius 2 is 1.83 bits per heavy atom. The molecule has 1 heterocycles. The second-order valence-electron chi connectivity index (χ2n) is 5.31. The van der Waals surface area contributed by atoms with E-state index in [9.17, 15) is 4.79 Å². The Morgan fingerprint density at radius 3 is 2.61 bits per heavy atom. The van der Waals surface area contributed by atoms with E-state index in [2.05, 4.69) is 10.6 Å². The van der Waals surface area contributed by atoms with Crippen molar-refractivity contribution in [2.75, 3.05) is 31.7 Å². The Morgan fingerprint density at radius 1 is 1.04 bits per heavy atom. The second-order valence-corrected chi connectivity index (χ2v) is 5.31. The molecule has 1 fully saturated rings. The molecule has 1 atom stereocenters. The van der Waals surface area contributed by atoms with Gasteiger partial charge in [-0.1, -0.05) is 48.5 Å². The number of anilines is 1. The first-order valence-corrected chi connectivity index (χ1v) is 7.71. The fourth-order valence-electron chi connectivity index (χ4n) is 2.49. The van der Waals surface area contributed by atoms with Gasteiger partial charge in [0.1, 0.15) is 0 Å². The molecule has 0 aromatic heterocycles. The van der Waals surface area contributed by atoms with Crippen LogP contribution in [0.1, 0.15) is 0 Å². The average molecular weight is 312 g/mol. The highest BCUT2D eigenvalue weighted by Gasteiger charge is 2.15. The maximum atomic E-state index is 12.1. The molecular weight excluding hydrogens is 292 g/mol. The van der Waals surface area contributed by atoms with Gasteiger partial charge < -0.3 is 20.1 Å². The predicted molar refractivity (Wildman–Crippen MR) is 89.5 cm³/mol. The number of para-hydroxylation sites is 1. The van der Waals surface area contributed by atoms with Crippen LogP contribution in [-0.4, -0.2) is 38.5 Å². The topological polar surface area (TPSA) is 59.6 Å². The van der Waals surface area contributed by atoms with Crippen LogP contribution in [0, 0.1) is 0 Å². The molecule has 2 amide bonds. The molecule has 1 aliphatic heterocycles. The number of nitrogens with one attached hydrogen (secondary N) is 2. The van der Waals surface area contributed by atoms with E-state index in [0.29, 0.717) is 26.4 Å². The zero-order valence-electron chi connectivity index (χ0n) is 12.8. The number of carbonyl (C=O) groups is 1. The molecule has 120 valence electrons. The van der Waals surface area contributed by atoms with Crippen LogP contribution < -0.4 is 10.6 Å². The Labute approximate surface area is 135 Å². The second kappa shape index (κ2) is 7.76. The number of ether oxygens (including phenoxy) is 2. The summed E-state index contributed by atoms with van der Waals surface area (Å²) < 4.78 is 10.8. The monoisotopic (exact) mass is 312 g/mol. The lowest BCUT2D eigenvalue weighted by atomic mass is 10.0. The molecular formula is C18H20N2O3. The Balaban J connectivity index is 1.62. The summed E-state index contributed by atoms with van der Waals surface area (Å²) in [7, 11) is 0. The van der Waals surface area contributed by atoms with Crippen LogP contribution >= 0.6 is 0 Å². The smallest absolute Gasteiger partial charge is 0.319 e. The highest BCUT2D eigenvalue weighted by molar-refractivity contribution is 5.94. The lowest BCUT2D eigenvalue weighted by molar-refractivity contribution is -0.0852. The summed E-state index contributed by atoms with van der Waals surface area (Å²) in [5.74, 6) is 0. The number of rotatable bonds is 4. The van der Waals surface area contributed by atoms with Crippen LogP contribution in [0.4, 0.5) is 10.5 Å². The summed E-state index contributed by atoms with van der Waals surface area (Å²) in [6, 6.07) is 17.5. The van der Waals surface area contributed by atoms with E-state index in [1.54, 1.807) is 0 Å². The number of benzene rings is 2. The molecule has 0 saturated carbocycles. The number of hydrogen-bond acceptors (Lipinski definition) is 3. The molecule has 2 aromatic carbocycles. The van der Waals surface area contributed by atoms with Crippen LogP contribution in [0.25, 0.3) is 11.1 Å². The quantitative estimate of drug-likeness (QED) is 0.912. The Kier molecular flexibility index (Phi) is 5.24. The minimum Gasteiger partial charge on any atom is -0.376 e. The molecule has 0 aliphatic carbocycles. The minimum absolute atomic E-state index is 0.0844. The van der Waals surface area contributed by atoms with Crippen molar-refractivity contribution < 1.29 is 14.3 Å². The van der Waals surface area contributed by atoms with Crippen LogP contribution in [-0.2, 0) is 9.47 Å². The zero-order valence-corrected chi connectivity index (χ0v) is 12.8. The molecule has 5 heteroatoms. The van der Waals surface area contributed by atoms with Gasteiger partial charge in [0, 0.05) is 12.1 Å². The first-order chi connectivity index (χ1) is 11.3. The molecule has 0 bridgehead atoms. The van der Waals surface area contributed by atoms with Gasteiger partial charge in [0.25, 0.3) is 0 Å². The predicted octanol–water partition coefficient (Wildman–Crippen LogP) is 2.89. The summed E-state index contributed by atoms with van der Waals surface area (Å²) in [5, 5.41) is 5.73. The third kappa shape index (κ3) is 4.31. The first-order valence-electron chi connectivity index (χ1n) is 7.71. The van der Waals surface area contributed by atoms with Gasteiger partial charge in [0.2, 0.25) is 0 Å². The van der Waals surface area contributed by atoms with Crippen molar-refractivity contribution >= 4 is 11.7 Å². The minimum atomic E-state index is -0.248. The molecule has 1 saturated heterocycles. The SMILES string of the molecule is O=C(NC[C@@H]1COCCO1)Nc1ccccc1-c1ccccc1. The third-order valence-corrected chi connectivity index (χ3v) is 3.64. The van der Waals surface area contributed by atoms with E-state index in [1.165, 1.54) is 0 Å². The molecule has 3 rings (SSSR count). The van der Waals surface area contributed by atoms with Crippen LogP contribution in [0.3, 0.4) is 0 Å². The van der Waals surface area contributed by atoms with Crippen molar-refractivity contribution in [3.63, 3.8) is 0 Å². The van der Waals surface area contributed by atoms with Crippen molar-refractivity contribution in [3.05, 3.63) is 54.6 Å². The molecule has 0 spiro atoms. The highest BCUT2D eigenvalue weighted by Crippen LogP contribution is 2.27. The lowest BCUT2D eigenvalue weighted by Crippen LogP contribution is -2.41. The van der Waals surface area contributed by atoms with Gasteiger partial charge in [-0.05, 0) is 11.6 Å². The van der Waals surface area contributed by atoms with E-state index in [0.717, 1.165) is 16.8 Å². The third-order valence-electron chi connectivity index (χ3n) is 3.64. The van der Waals surface area contributed by atoms with Gasteiger partial charge in [0.05, 0.1) is 31.6 Å². The van der Waals surface area contributed by atoms with E-state index >= 15 is 0 Å². The van der Waals surface area contributed by atoms with Crippen molar-refractivity contribution in [3.8, 4) is 11.1 Å². The average Bonchev–Trinajstić information content (AvgIpc) is 2.62. The van der Waals surface area contributed by atoms with E-state index in [4.69, 9.17) is 9.47 Å². The maximum absolute atomic E-state index is 12.1.